The van der Waals surface area contributed by atoms with Crippen LogP contribution in [0.1, 0.15) is 20.3 Å². The van der Waals surface area contributed by atoms with Crippen molar-refractivity contribution in [2.75, 3.05) is 0 Å². The number of halogens is 9. The Morgan fingerprint density at radius 1 is 0.842 bits per heavy atom. The molecule has 0 aromatic carbocycles. The first-order valence-electron chi connectivity index (χ1n) is 4.75. The quantitative estimate of drug-likeness (QED) is 0.431. The summed E-state index contributed by atoms with van der Waals surface area (Å²) >= 11 is 0. The molecule has 0 amide bonds. The highest BCUT2D eigenvalue weighted by Crippen LogP contribution is 2.55. The fraction of sp³-hybridized carbons (Fsp3) is 1.00. The van der Waals surface area contributed by atoms with Crippen LogP contribution in [0.5, 0.6) is 0 Å². The number of rotatable bonds is 5. The molecule has 0 saturated carbocycles. The zero-order valence-electron chi connectivity index (χ0n) is 9.50. The maximum Gasteiger partial charge on any atom is 0.440 e. The highest BCUT2D eigenvalue weighted by molar-refractivity contribution is 5.01. The normalized spacial score (nSPS) is 16.6. The molecule has 116 valence electrons. The highest BCUT2D eigenvalue weighted by atomic mass is 19.4. The van der Waals surface area contributed by atoms with E-state index in [9.17, 15) is 39.5 Å². The lowest BCUT2D eigenvalue weighted by Gasteiger charge is -2.34. The lowest BCUT2D eigenvalue weighted by molar-refractivity contribution is -0.530. The summed E-state index contributed by atoms with van der Waals surface area (Å²) in [5.41, 5.74) is -6.87. The third-order valence-corrected chi connectivity index (χ3v) is 2.07. The van der Waals surface area contributed by atoms with E-state index in [0.717, 1.165) is 6.92 Å². The summed E-state index contributed by atoms with van der Waals surface area (Å²) in [5, 5.41) is 0. The summed E-state index contributed by atoms with van der Waals surface area (Å²) < 4.78 is 110. The zero-order chi connectivity index (χ0) is 15.7. The average Bonchev–Trinajstić information content (AvgIpc) is 2.21. The van der Waals surface area contributed by atoms with Crippen LogP contribution in [0.3, 0.4) is 0 Å². The molecule has 1 unspecified atom stereocenters. The van der Waals surface area contributed by atoms with Crippen molar-refractivity contribution in [1.82, 2.24) is 0 Å². The summed E-state index contributed by atoms with van der Waals surface area (Å²) in [7, 11) is 0. The predicted molar refractivity (Wildman–Crippen MR) is 42.8 cm³/mol. The summed E-state index contributed by atoms with van der Waals surface area (Å²) in [6.07, 6.45) is -21.5. The maximum absolute atomic E-state index is 12.9. The fourth-order valence-electron chi connectivity index (χ4n) is 0.759. The summed E-state index contributed by atoms with van der Waals surface area (Å²) in [6.45, 7) is 2.35. The van der Waals surface area contributed by atoms with Crippen molar-refractivity contribution >= 4 is 0 Å². The molecule has 0 aliphatic heterocycles. The molecule has 1 atom stereocenters. The van der Waals surface area contributed by atoms with E-state index >= 15 is 0 Å². The van der Waals surface area contributed by atoms with E-state index in [2.05, 4.69) is 9.78 Å². The van der Waals surface area contributed by atoms with Gasteiger partial charge in [-0.05, 0) is 13.3 Å². The highest BCUT2D eigenvalue weighted by Gasteiger charge is 2.86. The molecule has 0 fully saturated rings. The minimum Gasteiger partial charge on any atom is -0.228 e. The van der Waals surface area contributed by atoms with Crippen LogP contribution >= 0.6 is 0 Å². The van der Waals surface area contributed by atoms with Gasteiger partial charge in [-0.25, -0.2) is 9.28 Å². The van der Waals surface area contributed by atoms with E-state index in [1.807, 2.05) is 0 Å². The topological polar surface area (TPSA) is 18.5 Å². The molecule has 0 rings (SSSR count). The lowest BCUT2D eigenvalue weighted by atomic mass is 10.0. The summed E-state index contributed by atoms with van der Waals surface area (Å²) in [6, 6.07) is 0. The van der Waals surface area contributed by atoms with Gasteiger partial charge in [0.25, 0.3) is 0 Å². The first-order valence-corrected chi connectivity index (χ1v) is 4.75. The van der Waals surface area contributed by atoms with Gasteiger partial charge in [0.15, 0.2) is 0 Å². The van der Waals surface area contributed by atoms with Crippen LogP contribution in [-0.4, -0.2) is 30.2 Å². The Bertz CT molecular complexity index is 282. The Kier molecular flexibility index (Phi) is 5.15. The van der Waals surface area contributed by atoms with E-state index in [1.54, 1.807) is 0 Å². The minimum atomic E-state index is -6.94. The first kappa shape index (κ1) is 18.3. The van der Waals surface area contributed by atoms with Crippen molar-refractivity contribution in [2.45, 2.75) is 50.5 Å². The van der Waals surface area contributed by atoms with Gasteiger partial charge in [-0.1, -0.05) is 6.92 Å². The molecule has 19 heavy (non-hydrogen) atoms. The largest absolute Gasteiger partial charge is 0.440 e. The second-order valence-corrected chi connectivity index (χ2v) is 3.57. The Hall–Kier alpha value is -0.710. The molecule has 0 N–H and O–H groups in total. The van der Waals surface area contributed by atoms with Crippen LogP contribution in [0.25, 0.3) is 0 Å². The van der Waals surface area contributed by atoms with Crippen molar-refractivity contribution in [1.29, 1.82) is 0 Å². The molecule has 0 aromatic rings. The zero-order valence-corrected chi connectivity index (χ0v) is 9.50. The van der Waals surface area contributed by atoms with Crippen molar-refractivity contribution in [2.24, 2.45) is 0 Å². The Morgan fingerprint density at radius 2 is 1.21 bits per heavy atom. The third-order valence-electron chi connectivity index (χ3n) is 2.07. The average molecular weight is 308 g/mol. The lowest BCUT2D eigenvalue weighted by Crippen LogP contribution is -2.65. The van der Waals surface area contributed by atoms with Gasteiger partial charge in [-0.3, -0.25) is 0 Å². The molecule has 11 heteroatoms. The first-order chi connectivity index (χ1) is 8.20. The van der Waals surface area contributed by atoms with Gasteiger partial charge in [-0.15, -0.1) is 0 Å². The molecule has 0 bridgehead atoms. The second kappa shape index (κ2) is 5.35. The number of hydrogen-bond acceptors (Lipinski definition) is 2. The molecule has 0 spiro atoms. The molecule has 0 aromatic heterocycles. The van der Waals surface area contributed by atoms with Gasteiger partial charge < -0.3 is 0 Å². The SMILES string of the molecule is CCC(C)OOC(F)(F)C(F)(C(F)(F)F)C(F)(F)F. The molecule has 0 aliphatic rings. The van der Waals surface area contributed by atoms with Crippen LogP contribution < -0.4 is 0 Å². The van der Waals surface area contributed by atoms with Crippen molar-refractivity contribution in [3.8, 4) is 0 Å². The van der Waals surface area contributed by atoms with Crippen LogP contribution in [-0.2, 0) is 9.78 Å². The molecular formula is C8H9F9O2. The van der Waals surface area contributed by atoms with E-state index in [4.69, 9.17) is 0 Å². The van der Waals surface area contributed by atoms with E-state index in [-0.39, 0.29) is 6.42 Å². The van der Waals surface area contributed by atoms with Gasteiger partial charge in [0, 0.05) is 0 Å². The van der Waals surface area contributed by atoms with Crippen LogP contribution in [0.2, 0.25) is 0 Å². The Balaban J connectivity index is 5.39. The molecule has 0 saturated heterocycles. The van der Waals surface area contributed by atoms with Crippen molar-refractivity contribution in [3.63, 3.8) is 0 Å². The van der Waals surface area contributed by atoms with Crippen LogP contribution in [0.15, 0.2) is 0 Å². The van der Waals surface area contributed by atoms with Gasteiger partial charge in [0.2, 0.25) is 0 Å². The molecule has 2 nitrogen and oxygen atoms in total. The molecule has 0 aliphatic carbocycles. The summed E-state index contributed by atoms with van der Waals surface area (Å²) in [5.74, 6) is 0. The molecule has 0 heterocycles. The molecular weight excluding hydrogens is 299 g/mol. The van der Waals surface area contributed by atoms with E-state index in [0.29, 0.717) is 0 Å². The monoisotopic (exact) mass is 308 g/mol. The van der Waals surface area contributed by atoms with Gasteiger partial charge in [-0.2, -0.15) is 40.0 Å². The second-order valence-electron chi connectivity index (χ2n) is 3.57. The third kappa shape index (κ3) is 3.44. The van der Waals surface area contributed by atoms with Crippen LogP contribution in [0.4, 0.5) is 39.5 Å². The predicted octanol–water partition coefficient (Wildman–Crippen LogP) is 4.16. The van der Waals surface area contributed by atoms with E-state index in [1.165, 1.54) is 6.92 Å². The van der Waals surface area contributed by atoms with E-state index < -0.39 is 30.2 Å². The smallest absolute Gasteiger partial charge is 0.228 e. The minimum absolute atomic E-state index is 0.0621. The Labute approximate surface area is 101 Å². The van der Waals surface area contributed by atoms with Crippen molar-refractivity contribution in [3.05, 3.63) is 0 Å². The Morgan fingerprint density at radius 3 is 1.47 bits per heavy atom. The van der Waals surface area contributed by atoms with Crippen LogP contribution in [0, 0.1) is 0 Å². The van der Waals surface area contributed by atoms with Gasteiger partial charge in [0.1, 0.15) is 0 Å². The number of alkyl halides is 9. The maximum atomic E-state index is 12.9. The van der Waals surface area contributed by atoms with Gasteiger partial charge in [0.05, 0.1) is 6.10 Å². The molecule has 0 radical (unpaired) electrons. The summed E-state index contributed by atoms with van der Waals surface area (Å²) in [4.78, 5) is 6.35. The standard InChI is InChI=1S/C8H9F9O2/c1-3-4(2)18-19-8(16,17)5(9,6(10,11)12)7(13,14)15/h4H,3H2,1-2H3. The number of hydrogen-bond donors (Lipinski definition) is 0. The fourth-order valence-corrected chi connectivity index (χ4v) is 0.759. The van der Waals surface area contributed by atoms with Crippen molar-refractivity contribution < 1.29 is 49.3 Å². The van der Waals surface area contributed by atoms with Gasteiger partial charge >= 0.3 is 24.1 Å².